The van der Waals surface area contributed by atoms with E-state index in [0.717, 1.165) is 70.1 Å². The summed E-state index contributed by atoms with van der Waals surface area (Å²) in [5, 5.41) is 9.96. The van der Waals surface area contributed by atoms with Gasteiger partial charge in [-0.25, -0.2) is 0 Å². The summed E-state index contributed by atoms with van der Waals surface area (Å²) in [6.07, 6.45) is 3.00. The Morgan fingerprint density at radius 3 is 2.86 bits per heavy atom. The molecule has 1 aliphatic rings. The van der Waals surface area contributed by atoms with E-state index in [4.69, 9.17) is 21.3 Å². The monoisotopic (exact) mass is 473 g/mol. The lowest BCUT2D eigenvalue weighted by Crippen LogP contribution is -2.38. The van der Waals surface area contributed by atoms with E-state index in [0.29, 0.717) is 6.42 Å². The molecule has 0 fully saturated rings. The fourth-order valence-corrected chi connectivity index (χ4v) is 4.54. The van der Waals surface area contributed by atoms with Crippen LogP contribution in [-0.4, -0.2) is 37.0 Å². The third-order valence-corrected chi connectivity index (χ3v) is 6.21. The molecule has 6 heteroatoms. The number of amidine groups is 1. The van der Waals surface area contributed by atoms with Crippen LogP contribution in [0.25, 0.3) is 0 Å². The minimum Gasteiger partial charge on any atom is -0.496 e. The van der Waals surface area contributed by atoms with Crippen LogP contribution in [0.2, 0.25) is 5.02 Å². The van der Waals surface area contributed by atoms with Crippen molar-refractivity contribution in [2.24, 2.45) is 4.99 Å². The number of nitriles is 1. The molecule has 2 aromatic rings. The molecular weight excluding hydrogens is 450 g/mol. The normalized spacial score (nSPS) is 14.4. The van der Waals surface area contributed by atoms with Crippen molar-refractivity contribution in [2.45, 2.75) is 38.6 Å². The zero-order valence-corrected chi connectivity index (χ0v) is 19.1. The van der Waals surface area contributed by atoms with Crippen LogP contribution in [0.3, 0.4) is 0 Å². The molecule has 0 saturated carbocycles. The predicted octanol–water partition coefficient (Wildman–Crippen LogP) is 5.65. The fraction of sp³-hybridized carbons (Fsp3) is 0.391. The molecule has 0 N–H and O–H groups in total. The smallest absolute Gasteiger partial charge is 0.131 e. The molecule has 1 aliphatic heterocycles. The van der Waals surface area contributed by atoms with Gasteiger partial charge in [-0.2, -0.15) is 5.26 Å². The van der Waals surface area contributed by atoms with E-state index in [2.05, 4.69) is 46.0 Å². The number of aryl methyl sites for hydroxylation is 1. The van der Waals surface area contributed by atoms with E-state index < -0.39 is 0 Å². The van der Waals surface area contributed by atoms with Gasteiger partial charge in [0.05, 0.1) is 26.1 Å². The number of ether oxygens (including phenoxy) is 1. The molecule has 0 aliphatic carbocycles. The summed E-state index contributed by atoms with van der Waals surface area (Å²) in [6.45, 7) is 3.72. The van der Waals surface area contributed by atoms with Crippen molar-refractivity contribution in [2.75, 3.05) is 20.2 Å². The Morgan fingerprint density at radius 1 is 1.31 bits per heavy atom. The molecule has 3 rings (SSSR count). The van der Waals surface area contributed by atoms with Crippen LogP contribution in [0.4, 0.5) is 0 Å². The Balaban J connectivity index is 1.90. The second kappa shape index (κ2) is 10.1. The first kappa shape index (κ1) is 21.7. The second-order valence-electron chi connectivity index (χ2n) is 7.05. The molecule has 1 atom stereocenters. The Morgan fingerprint density at radius 2 is 2.14 bits per heavy atom. The average Bonchev–Trinajstić information content (AvgIpc) is 3.20. The second-order valence-corrected chi connectivity index (χ2v) is 8.37. The number of hydrogen-bond acceptors (Lipinski definition) is 4. The summed E-state index contributed by atoms with van der Waals surface area (Å²) in [4.78, 5) is 7.06. The topological polar surface area (TPSA) is 48.6 Å². The molecule has 0 spiro atoms. The Labute approximate surface area is 186 Å². The third kappa shape index (κ3) is 4.94. The third-order valence-electron chi connectivity index (χ3n) is 5.36. The summed E-state index contributed by atoms with van der Waals surface area (Å²) in [6, 6.07) is 14.6. The maximum atomic E-state index is 9.21. The van der Waals surface area contributed by atoms with Crippen molar-refractivity contribution in [3.05, 3.63) is 62.6 Å². The molecular formula is C23H25BrClN3O. The zero-order chi connectivity index (χ0) is 20.8. The van der Waals surface area contributed by atoms with Crippen molar-refractivity contribution in [1.82, 2.24) is 4.90 Å². The molecule has 0 aromatic heterocycles. The Bertz CT molecular complexity index is 938. The van der Waals surface area contributed by atoms with Gasteiger partial charge in [-0.05, 0) is 54.7 Å². The molecule has 0 bridgehead atoms. The number of aliphatic imine (C=N–C) groups is 1. The molecule has 2 aromatic carbocycles. The van der Waals surface area contributed by atoms with Crippen molar-refractivity contribution in [1.29, 1.82) is 5.26 Å². The standard InChI is InChI=1S/C23H25BrClN3O/c1-3-18(11-12-26)28-14-13-27-23(28)20-5-4-6-21(25)19(20)9-7-16-15-17(24)8-10-22(16)29-2/h4-6,8,10,15,18H,3,7,9,11,13-14H2,1-2H3. The molecule has 152 valence electrons. The maximum Gasteiger partial charge on any atom is 0.131 e. The van der Waals surface area contributed by atoms with Crippen LogP contribution < -0.4 is 4.74 Å². The summed E-state index contributed by atoms with van der Waals surface area (Å²) in [5.41, 5.74) is 3.29. The van der Waals surface area contributed by atoms with Gasteiger partial charge in [-0.1, -0.05) is 46.6 Å². The van der Waals surface area contributed by atoms with Gasteiger partial charge < -0.3 is 9.64 Å². The summed E-state index contributed by atoms with van der Waals surface area (Å²) < 4.78 is 6.55. The van der Waals surface area contributed by atoms with Gasteiger partial charge in [0.25, 0.3) is 0 Å². The zero-order valence-electron chi connectivity index (χ0n) is 16.8. The SMILES string of the molecule is CCC(CC#N)N1CCN=C1c1cccc(Cl)c1CCc1cc(Br)ccc1OC. The van der Waals surface area contributed by atoms with Crippen molar-refractivity contribution >= 4 is 33.4 Å². The molecule has 1 unspecified atom stereocenters. The summed E-state index contributed by atoms with van der Waals surface area (Å²) in [5.74, 6) is 1.84. The van der Waals surface area contributed by atoms with Crippen molar-refractivity contribution in [3.63, 3.8) is 0 Å². The van der Waals surface area contributed by atoms with Crippen molar-refractivity contribution in [3.8, 4) is 11.8 Å². The van der Waals surface area contributed by atoms with Crippen molar-refractivity contribution < 1.29 is 4.74 Å². The van der Waals surface area contributed by atoms with E-state index in [-0.39, 0.29) is 6.04 Å². The number of rotatable bonds is 8. The minimum atomic E-state index is 0.179. The number of nitrogens with zero attached hydrogens (tertiary/aromatic N) is 3. The van der Waals surface area contributed by atoms with Crippen LogP contribution >= 0.6 is 27.5 Å². The van der Waals surface area contributed by atoms with Gasteiger partial charge in [0.1, 0.15) is 11.6 Å². The highest BCUT2D eigenvalue weighted by Gasteiger charge is 2.27. The lowest BCUT2D eigenvalue weighted by Gasteiger charge is -2.29. The van der Waals surface area contributed by atoms with Gasteiger partial charge >= 0.3 is 0 Å². The van der Waals surface area contributed by atoms with Gasteiger partial charge in [-0.3, -0.25) is 4.99 Å². The van der Waals surface area contributed by atoms with Crippen LogP contribution in [0.5, 0.6) is 5.75 Å². The first-order valence-corrected chi connectivity index (χ1v) is 11.0. The first-order valence-electron chi connectivity index (χ1n) is 9.87. The van der Waals surface area contributed by atoms with Crippen LogP contribution in [0.15, 0.2) is 45.9 Å². The number of halogens is 2. The number of hydrogen-bond donors (Lipinski definition) is 0. The molecule has 29 heavy (non-hydrogen) atoms. The highest BCUT2D eigenvalue weighted by molar-refractivity contribution is 9.10. The Hall–Kier alpha value is -2.03. The van der Waals surface area contributed by atoms with Crippen LogP contribution in [0.1, 0.15) is 36.5 Å². The highest BCUT2D eigenvalue weighted by atomic mass is 79.9. The highest BCUT2D eigenvalue weighted by Crippen LogP contribution is 2.29. The van der Waals surface area contributed by atoms with Crippen LogP contribution in [0, 0.1) is 11.3 Å². The molecule has 0 amide bonds. The van der Waals surface area contributed by atoms with E-state index >= 15 is 0 Å². The fourth-order valence-electron chi connectivity index (χ4n) is 3.86. The largest absolute Gasteiger partial charge is 0.496 e. The molecule has 4 nitrogen and oxygen atoms in total. The maximum absolute atomic E-state index is 9.21. The number of methoxy groups -OCH3 is 1. The summed E-state index contributed by atoms with van der Waals surface area (Å²) >= 11 is 10.2. The van der Waals surface area contributed by atoms with Gasteiger partial charge in [0.15, 0.2) is 0 Å². The van der Waals surface area contributed by atoms with Gasteiger partial charge in [0.2, 0.25) is 0 Å². The minimum absolute atomic E-state index is 0.179. The van der Waals surface area contributed by atoms with Crippen LogP contribution in [-0.2, 0) is 12.8 Å². The molecule has 0 saturated heterocycles. The lowest BCUT2D eigenvalue weighted by atomic mass is 9.97. The Kier molecular flexibility index (Phi) is 7.57. The average molecular weight is 475 g/mol. The van der Waals surface area contributed by atoms with Gasteiger partial charge in [-0.15, -0.1) is 0 Å². The quantitative estimate of drug-likeness (QED) is 0.496. The van der Waals surface area contributed by atoms with Gasteiger partial charge in [0, 0.05) is 27.6 Å². The first-order chi connectivity index (χ1) is 14.1. The van der Waals surface area contributed by atoms with E-state index in [1.165, 1.54) is 0 Å². The van der Waals surface area contributed by atoms with E-state index in [9.17, 15) is 5.26 Å². The number of benzene rings is 2. The molecule has 1 heterocycles. The van der Waals surface area contributed by atoms with E-state index in [1.54, 1.807) is 7.11 Å². The predicted molar refractivity (Wildman–Crippen MR) is 122 cm³/mol. The van der Waals surface area contributed by atoms with E-state index in [1.807, 2.05) is 24.3 Å². The lowest BCUT2D eigenvalue weighted by molar-refractivity contribution is 0.330. The summed E-state index contributed by atoms with van der Waals surface area (Å²) in [7, 11) is 1.69. The molecule has 0 radical (unpaired) electrons.